The number of aromatic nitrogens is 1. The van der Waals surface area contributed by atoms with E-state index in [0.717, 1.165) is 11.6 Å². The third-order valence-electron chi connectivity index (χ3n) is 2.86. The van der Waals surface area contributed by atoms with Crippen molar-refractivity contribution < 1.29 is 13.2 Å². The van der Waals surface area contributed by atoms with Crippen LogP contribution in [0, 0.1) is 0 Å². The Morgan fingerprint density at radius 1 is 1.15 bits per heavy atom. The van der Waals surface area contributed by atoms with Gasteiger partial charge in [-0.2, -0.15) is 13.2 Å². The van der Waals surface area contributed by atoms with Crippen molar-refractivity contribution in [2.75, 3.05) is 5.32 Å². The zero-order valence-electron chi connectivity index (χ0n) is 10.6. The smallest absolute Gasteiger partial charge is 0.379 e. The predicted molar refractivity (Wildman–Crippen MR) is 75.4 cm³/mol. The first kappa shape index (κ1) is 14.8. The molecule has 2 nitrogen and oxygen atoms in total. The van der Waals surface area contributed by atoms with E-state index in [0.29, 0.717) is 5.69 Å². The van der Waals surface area contributed by atoms with E-state index < -0.39 is 11.7 Å². The summed E-state index contributed by atoms with van der Waals surface area (Å²) in [5, 5.41) is 3.05. The number of hydrogen-bond acceptors (Lipinski definition) is 2. The van der Waals surface area contributed by atoms with Gasteiger partial charge >= 0.3 is 6.18 Å². The lowest BCUT2D eigenvalue weighted by atomic mass is 10.1. The van der Waals surface area contributed by atoms with Crippen molar-refractivity contribution in [2.24, 2.45) is 0 Å². The maximum Gasteiger partial charge on any atom is 0.417 e. The fourth-order valence-corrected chi connectivity index (χ4v) is 2.29. The Morgan fingerprint density at radius 2 is 1.80 bits per heavy atom. The number of nitrogens with zero attached hydrogens (tertiary/aromatic N) is 1. The van der Waals surface area contributed by atoms with Crippen molar-refractivity contribution in [3.63, 3.8) is 0 Å². The quantitative estimate of drug-likeness (QED) is 0.843. The van der Waals surface area contributed by atoms with Gasteiger partial charge in [0.1, 0.15) is 0 Å². The molecule has 106 valence electrons. The molecule has 0 bridgehead atoms. The van der Waals surface area contributed by atoms with Crippen LogP contribution in [0.25, 0.3) is 0 Å². The third-order valence-corrected chi connectivity index (χ3v) is 3.55. The maximum absolute atomic E-state index is 12.8. The van der Waals surface area contributed by atoms with Crippen LogP contribution in [0.4, 0.5) is 18.9 Å². The average Bonchev–Trinajstić information content (AvgIpc) is 2.40. The van der Waals surface area contributed by atoms with Gasteiger partial charge in [-0.15, -0.1) is 0 Å². The van der Waals surface area contributed by atoms with Gasteiger partial charge in [0, 0.05) is 28.6 Å². The second-order valence-electron chi connectivity index (χ2n) is 4.34. The monoisotopic (exact) mass is 344 g/mol. The molecule has 1 heterocycles. The van der Waals surface area contributed by atoms with Gasteiger partial charge in [-0.3, -0.25) is 4.98 Å². The maximum atomic E-state index is 12.8. The summed E-state index contributed by atoms with van der Waals surface area (Å²) in [7, 11) is 0. The highest BCUT2D eigenvalue weighted by molar-refractivity contribution is 9.10. The first-order valence-electron chi connectivity index (χ1n) is 5.91. The second-order valence-corrected chi connectivity index (χ2v) is 5.19. The van der Waals surface area contributed by atoms with E-state index in [1.54, 1.807) is 18.5 Å². The van der Waals surface area contributed by atoms with E-state index in [4.69, 9.17) is 0 Å². The summed E-state index contributed by atoms with van der Waals surface area (Å²) < 4.78 is 38.5. The Kier molecular flexibility index (Phi) is 4.32. The largest absolute Gasteiger partial charge is 0.417 e. The highest BCUT2D eigenvalue weighted by Crippen LogP contribution is 2.36. The topological polar surface area (TPSA) is 24.9 Å². The third kappa shape index (κ3) is 3.50. The molecule has 0 aliphatic rings. The lowest BCUT2D eigenvalue weighted by molar-refractivity contribution is -0.138. The molecule has 0 radical (unpaired) electrons. The predicted octanol–water partition coefficient (Wildman–Crippen LogP) is 5.04. The SMILES string of the molecule is CC(Nc1ccc(Br)c(C(F)(F)F)c1)c1ccncc1. The summed E-state index contributed by atoms with van der Waals surface area (Å²) >= 11 is 2.92. The number of halogens is 4. The normalized spacial score (nSPS) is 13.1. The van der Waals surface area contributed by atoms with Crippen LogP contribution in [0.15, 0.2) is 47.2 Å². The van der Waals surface area contributed by atoms with Crippen molar-refractivity contribution >= 4 is 21.6 Å². The van der Waals surface area contributed by atoms with Crippen LogP contribution >= 0.6 is 15.9 Å². The van der Waals surface area contributed by atoms with E-state index >= 15 is 0 Å². The summed E-state index contributed by atoms with van der Waals surface area (Å²) in [4.78, 5) is 3.91. The Balaban J connectivity index is 2.22. The number of rotatable bonds is 3. The number of pyridine rings is 1. The lowest BCUT2D eigenvalue weighted by Crippen LogP contribution is -2.10. The lowest BCUT2D eigenvalue weighted by Gasteiger charge is -2.17. The summed E-state index contributed by atoms with van der Waals surface area (Å²) in [5.74, 6) is 0. The number of alkyl halides is 3. The Labute approximate surface area is 123 Å². The highest BCUT2D eigenvalue weighted by Gasteiger charge is 2.33. The zero-order chi connectivity index (χ0) is 14.8. The molecule has 0 fully saturated rings. The van der Waals surface area contributed by atoms with E-state index in [1.807, 2.05) is 19.1 Å². The standard InChI is InChI=1S/C14H12BrF3N2/c1-9(10-4-6-19-7-5-10)20-11-2-3-13(15)12(8-11)14(16,17)18/h2-9,20H,1H3. The van der Waals surface area contributed by atoms with Crippen molar-refractivity contribution in [2.45, 2.75) is 19.1 Å². The Bertz CT molecular complexity index is 585. The first-order chi connectivity index (χ1) is 9.38. The summed E-state index contributed by atoms with van der Waals surface area (Å²) in [6.45, 7) is 1.88. The number of benzene rings is 1. The van der Waals surface area contributed by atoms with Gasteiger partial charge in [0.2, 0.25) is 0 Å². The molecule has 0 saturated heterocycles. The van der Waals surface area contributed by atoms with E-state index in [2.05, 4.69) is 26.2 Å². The molecule has 1 aromatic heterocycles. The molecular weight excluding hydrogens is 333 g/mol. The van der Waals surface area contributed by atoms with Crippen LogP contribution in [-0.4, -0.2) is 4.98 Å². The van der Waals surface area contributed by atoms with Gasteiger partial charge in [-0.05, 0) is 42.8 Å². The summed E-state index contributed by atoms with van der Waals surface area (Å²) in [6.07, 6.45) is -1.08. The first-order valence-corrected chi connectivity index (χ1v) is 6.70. The van der Waals surface area contributed by atoms with E-state index in [1.165, 1.54) is 6.07 Å². The fraction of sp³-hybridized carbons (Fsp3) is 0.214. The number of hydrogen-bond donors (Lipinski definition) is 1. The van der Waals surface area contributed by atoms with Gasteiger partial charge in [0.25, 0.3) is 0 Å². The molecule has 6 heteroatoms. The minimum atomic E-state index is -4.38. The second kappa shape index (κ2) is 5.83. The van der Waals surface area contributed by atoms with Gasteiger partial charge in [0.15, 0.2) is 0 Å². The molecule has 0 saturated carbocycles. The number of nitrogens with one attached hydrogen (secondary N) is 1. The molecule has 0 aliphatic heterocycles. The molecule has 20 heavy (non-hydrogen) atoms. The molecule has 2 aromatic rings. The van der Waals surface area contributed by atoms with Crippen molar-refractivity contribution in [1.82, 2.24) is 4.98 Å². The number of anilines is 1. The van der Waals surface area contributed by atoms with Gasteiger partial charge in [-0.25, -0.2) is 0 Å². The molecule has 0 aliphatic carbocycles. The van der Waals surface area contributed by atoms with Crippen LogP contribution in [0.5, 0.6) is 0 Å². The summed E-state index contributed by atoms with van der Waals surface area (Å²) in [5.41, 5.74) is 0.686. The van der Waals surface area contributed by atoms with Crippen LogP contribution in [0.1, 0.15) is 24.1 Å². The minimum Gasteiger partial charge on any atom is -0.379 e. The molecule has 1 unspecified atom stereocenters. The molecule has 2 rings (SSSR count). The minimum absolute atomic E-state index is 0.0344. The Hall–Kier alpha value is -1.56. The highest BCUT2D eigenvalue weighted by atomic mass is 79.9. The molecule has 1 atom stereocenters. The van der Waals surface area contributed by atoms with Crippen LogP contribution < -0.4 is 5.32 Å². The molecule has 1 N–H and O–H groups in total. The molecule has 0 spiro atoms. The fourth-order valence-electron chi connectivity index (χ4n) is 1.82. The molecular formula is C14H12BrF3N2. The Morgan fingerprint density at radius 3 is 2.40 bits per heavy atom. The van der Waals surface area contributed by atoms with Crippen molar-refractivity contribution in [3.8, 4) is 0 Å². The van der Waals surface area contributed by atoms with Crippen LogP contribution in [-0.2, 0) is 6.18 Å². The molecule has 0 amide bonds. The van der Waals surface area contributed by atoms with Crippen molar-refractivity contribution in [3.05, 3.63) is 58.3 Å². The van der Waals surface area contributed by atoms with E-state index in [-0.39, 0.29) is 10.5 Å². The van der Waals surface area contributed by atoms with Crippen molar-refractivity contribution in [1.29, 1.82) is 0 Å². The van der Waals surface area contributed by atoms with Crippen LogP contribution in [0.2, 0.25) is 0 Å². The van der Waals surface area contributed by atoms with E-state index in [9.17, 15) is 13.2 Å². The summed E-state index contributed by atoms with van der Waals surface area (Å²) in [6, 6.07) is 7.63. The van der Waals surface area contributed by atoms with Gasteiger partial charge in [-0.1, -0.05) is 15.9 Å². The van der Waals surface area contributed by atoms with Crippen LogP contribution in [0.3, 0.4) is 0 Å². The zero-order valence-corrected chi connectivity index (χ0v) is 12.2. The average molecular weight is 345 g/mol. The van der Waals surface area contributed by atoms with Gasteiger partial charge in [0.05, 0.1) is 5.56 Å². The molecule has 1 aromatic carbocycles. The van der Waals surface area contributed by atoms with Gasteiger partial charge < -0.3 is 5.32 Å².